The molecule has 2 fully saturated rings. The summed E-state index contributed by atoms with van der Waals surface area (Å²) >= 11 is 0. The summed E-state index contributed by atoms with van der Waals surface area (Å²) in [5.74, 6) is 0.513. The van der Waals surface area contributed by atoms with E-state index < -0.39 is 0 Å². The van der Waals surface area contributed by atoms with Gasteiger partial charge in [-0.25, -0.2) is 0 Å². The summed E-state index contributed by atoms with van der Waals surface area (Å²) in [6.07, 6.45) is 1.67. The summed E-state index contributed by atoms with van der Waals surface area (Å²) in [6.45, 7) is 5.88. The van der Waals surface area contributed by atoms with Gasteiger partial charge in [0.2, 0.25) is 5.91 Å². The van der Waals surface area contributed by atoms with Gasteiger partial charge in [-0.05, 0) is 26.7 Å². The third-order valence-corrected chi connectivity index (χ3v) is 3.77. The number of hydrogen-bond donors (Lipinski definition) is 1. The maximum Gasteiger partial charge on any atom is 0.228 e. The van der Waals surface area contributed by atoms with Crippen LogP contribution in [0.4, 0.5) is 0 Å². The molecule has 4 nitrogen and oxygen atoms in total. The highest BCUT2D eigenvalue weighted by Gasteiger charge is 2.35. The minimum absolute atomic E-state index is 0.0442. The molecule has 2 saturated heterocycles. The van der Waals surface area contributed by atoms with Crippen LogP contribution in [0.25, 0.3) is 0 Å². The number of aliphatic hydroxyl groups excluding tert-OH is 1. The number of hydrogen-bond acceptors (Lipinski definition) is 3. The average Bonchev–Trinajstić information content (AvgIpc) is 2.84. The number of ether oxygens (including phenoxy) is 1. The van der Waals surface area contributed by atoms with Crippen molar-refractivity contribution in [2.45, 2.75) is 38.9 Å². The molecule has 1 N–H and O–H groups in total. The lowest BCUT2D eigenvalue weighted by molar-refractivity contribution is -0.134. The smallest absolute Gasteiger partial charge is 0.228 e. The molecule has 0 aliphatic carbocycles. The Hall–Kier alpha value is -0.610. The normalized spacial score (nSPS) is 36.7. The molecule has 4 atom stereocenters. The van der Waals surface area contributed by atoms with Gasteiger partial charge in [0.05, 0.1) is 24.7 Å². The molecule has 4 unspecified atom stereocenters. The zero-order chi connectivity index (χ0) is 11.7. The van der Waals surface area contributed by atoms with Crippen molar-refractivity contribution in [1.82, 2.24) is 4.90 Å². The van der Waals surface area contributed by atoms with Crippen molar-refractivity contribution in [3.8, 4) is 0 Å². The fourth-order valence-electron chi connectivity index (χ4n) is 2.63. The molecule has 0 aromatic carbocycles. The third kappa shape index (κ3) is 2.38. The lowest BCUT2D eigenvalue weighted by atomic mass is 10.0. The Morgan fingerprint density at radius 3 is 2.81 bits per heavy atom. The van der Waals surface area contributed by atoms with Gasteiger partial charge in [-0.15, -0.1) is 0 Å². The Morgan fingerprint density at radius 2 is 2.31 bits per heavy atom. The first kappa shape index (κ1) is 11.9. The maximum atomic E-state index is 12.1. The maximum absolute atomic E-state index is 12.1. The summed E-state index contributed by atoms with van der Waals surface area (Å²) in [5.41, 5.74) is 0. The number of amides is 1. The predicted molar refractivity (Wildman–Crippen MR) is 59.9 cm³/mol. The molecular formula is C12H21NO3. The Bertz CT molecular complexity index is 267. The zero-order valence-electron chi connectivity index (χ0n) is 10.1. The molecule has 2 aliphatic rings. The van der Waals surface area contributed by atoms with Gasteiger partial charge in [-0.3, -0.25) is 4.79 Å². The van der Waals surface area contributed by atoms with E-state index in [2.05, 4.69) is 0 Å². The number of rotatable bonds is 2. The van der Waals surface area contributed by atoms with E-state index in [1.807, 2.05) is 11.8 Å². The van der Waals surface area contributed by atoms with Gasteiger partial charge in [-0.1, -0.05) is 0 Å². The van der Waals surface area contributed by atoms with Crippen LogP contribution in [-0.2, 0) is 9.53 Å². The van der Waals surface area contributed by atoms with Gasteiger partial charge < -0.3 is 14.7 Å². The highest BCUT2D eigenvalue weighted by atomic mass is 16.5. The SMILES string of the molecule is CC1CC(C(=O)N2CCC(C(C)O)C2)CO1. The Kier molecular flexibility index (Phi) is 3.50. The molecule has 0 bridgehead atoms. The van der Waals surface area contributed by atoms with E-state index in [1.54, 1.807) is 6.92 Å². The largest absolute Gasteiger partial charge is 0.393 e. The monoisotopic (exact) mass is 227 g/mol. The average molecular weight is 227 g/mol. The fourth-order valence-corrected chi connectivity index (χ4v) is 2.63. The van der Waals surface area contributed by atoms with Gasteiger partial charge in [-0.2, -0.15) is 0 Å². The molecule has 1 amide bonds. The minimum Gasteiger partial charge on any atom is -0.393 e. The first-order valence-corrected chi connectivity index (χ1v) is 6.16. The molecule has 4 heteroatoms. The Balaban J connectivity index is 1.87. The van der Waals surface area contributed by atoms with E-state index >= 15 is 0 Å². The molecule has 0 spiro atoms. The molecule has 2 heterocycles. The topological polar surface area (TPSA) is 49.8 Å². The Morgan fingerprint density at radius 1 is 1.56 bits per heavy atom. The second-order valence-corrected chi connectivity index (χ2v) is 5.15. The molecule has 0 aromatic rings. The van der Waals surface area contributed by atoms with Crippen LogP contribution in [0, 0.1) is 11.8 Å². The van der Waals surface area contributed by atoms with E-state index in [0.717, 1.165) is 19.4 Å². The van der Waals surface area contributed by atoms with Gasteiger partial charge in [0.15, 0.2) is 0 Å². The number of likely N-dealkylation sites (tertiary alicyclic amines) is 1. The summed E-state index contributed by atoms with van der Waals surface area (Å²) in [7, 11) is 0. The quantitative estimate of drug-likeness (QED) is 0.753. The van der Waals surface area contributed by atoms with Crippen molar-refractivity contribution in [3.63, 3.8) is 0 Å². The lowest BCUT2D eigenvalue weighted by Crippen LogP contribution is -2.35. The minimum atomic E-state index is -0.309. The number of aliphatic hydroxyl groups is 1. The molecule has 2 aliphatic heterocycles. The second-order valence-electron chi connectivity index (χ2n) is 5.15. The lowest BCUT2D eigenvalue weighted by Gasteiger charge is -2.20. The summed E-state index contributed by atoms with van der Waals surface area (Å²) in [5, 5.41) is 9.50. The van der Waals surface area contributed by atoms with Crippen LogP contribution >= 0.6 is 0 Å². The fraction of sp³-hybridized carbons (Fsp3) is 0.917. The molecule has 0 radical (unpaired) electrons. The molecule has 16 heavy (non-hydrogen) atoms. The van der Waals surface area contributed by atoms with Crippen molar-refractivity contribution >= 4 is 5.91 Å². The van der Waals surface area contributed by atoms with Gasteiger partial charge in [0.25, 0.3) is 0 Å². The van der Waals surface area contributed by atoms with Crippen molar-refractivity contribution in [1.29, 1.82) is 0 Å². The second kappa shape index (κ2) is 4.72. The van der Waals surface area contributed by atoms with Gasteiger partial charge in [0.1, 0.15) is 0 Å². The van der Waals surface area contributed by atoms with Crippen LogP contribution in [0.5, 0.6) is 0 Å². The molecular weight excluding hydrogens is 206 g/mol. The van der Waals surface area contributed by atoms with Crippen LogP contribution in [0.3, 0.4) is 0 Å². The summed E-state index contributed by atoms with van der Waals surface area (Å²) < 4.78 is 5.42. The van der Waals surface area contributed by atoms with E-state index in [0.29, 0.717) is 13.2 Å². The first-order chi connectivity index (χ1) is 7.58. The highest BCUT2D eigenvalue weighted by molar-refractivity contribution is 5.79. The highest BCUT2D eigenvalue weighted by Crippen LogP contribution is 2.26. The standard InChI is InChI=1S/C12H21NO3/c1-8-5-11(7-16-8)12(15)13-4-3-10(6-13)9(2)14/h8-11,14H,3-7H2,1-2H3. The van der Waals surface area contributed by atoms with E-state index in [4.69, 9.17) is 4.74 Å². The molecule has 0 aromatic heterocycles. The molecule has 0 saturated carbocycles. The van der Waals surface area contributed by atoms with Crippen molar-refractivity contribution in [2.75, 3.05) is 19.7 Å². The summed E-state index contributed by atoms with van der Waals surface area (Å²) in [4.78, 5) is 14.0. The van der Waals surface area contributed by atoms with Crippen molar-refractivity contribution in [3.05, 3.63) is 0 Å². The van der Waals surface area contributed by atoms with Crippen LogP contribution in [0.15, 0.2) is 0 Å². The molecule has 2 rings (SSSR count). The van der Waals surface area contributed by atoms with Crippen molar-refractivity contribution < 1.29 is 14.6 Å². The van der Waals surface area contributed by atoms with E-state index in [1.165, 1.54) is 0 Å². The van der Waals surface area contributed by atoms with Crippen LogP contribution in [0.1, 0.15) is 26.7 Å². The first-order valence-electron chi connectivity index (χ1n) is 6.16. The van der Waals surface area contributed by atoms with E-state index in [9.17, 15) is 9.90 Å². The van der Waals surface area contributed by atoms with Crippen LogP contribution in [0.2, 0.25) is 0 Å². The third-order valence-electron chi connectivity index (χ3n) is 3.77. The van der Waals surface area contributed by atoms with Crippen molar-refractivity contribution in [2.24, 2.45) is 11.8 Å². The number of carbonyl (C=O) groups excluding carboxylic acids is 1. The number of carbonyl (C=O) groups is 1. The zero-order valence-corrected chi connectivity index (χ0v) is 10.1. The Labute approximate surface area is 96.6 Å². The van der Waals surface area contributed by atoms with Crippen LogP contribution < -0.4 is 0 Å². The summed E-state index contributed by atoms with van der Waals surface area (Å²) in [6, 6.07) is 0. The van der Waals surface area contributed by atoms with Crippen LogP contribution in [-0.4, -0.2) is 47.8 Å². The number of nitrogens with zero attached hydrogens (tertiary/aromatic N) is 1. The van der Waals surface area contributed by atoms with Gasteiger partial charge in [0, 0.05) is 19.0 Å². The predicted octanol–water partition coefficient (Wildman–Crippen LogP) is 0.641. The molecule has 92 valence electrons. The van der Waals surface area contributed by atoms with Gasteiger partial charge >= 0.3 is 0 Å². The van der Waals surface area contributed by atoms with E-state index in [-0.39, 0.29) is 30.0 Å².